The molecule has 1 N–H and O–H groups in total. The molecular weight excluding hydrogens is 961 g/mol. The van der Waals surface area contributed by atoms with Gasteiger partial charge in [-0.2, -0.15) is 0 Å². The average molecular weight is 1090 g/mol. The first kappa shape index (κ1) is 72.1. The van der Waals surface area contributed by atoms with Gasteiger partial charge in [-0.25, -0.2) is 9.59 Å². The van der Waals surface area contributed by atoms with Gasteiger partial charge in [0.2, 0.25) is 5.60 Å². The molecule has 1 aliphatic rings. The number of esters is 3. The van der Waals surface area contributed by atoms with Crippen molar-refractivity contribution in [3.05, 3.63) is 24.3 Å². The fourth-order valence-electron chi connectivity index (χ4n) is 10.6. The molecule has 1 fully saturated rings. The average Bonchev–Trinajstić information content (AvgIpc) is 3.95. The summed E-state index contributed by atoms with van der Waals surface area (Å²) in [6.45, 7) is 14.2. The number of hydrogen-bond donors (Lipinski definition) is 1. The van der Waals surface area contributed by atoms with Crippen LogP contribution in [0.1, 0.15) is 330 Å². The molecule has 3 unspecified atom stereocenters. The van der Waals surface area contributed by atoms with Gasteiger partial charge in [-0.3, -0.25) is 9.59 Å². The lowest BCUT2D eigenvalue weighted by molar-refractivity contribution is -0.197. The number of alkyl carbamates (subject to hydrolysis) is 1. The van der Waals surface area contributed by atoms with Crippen LogP contribution in [-0.2, 0) is 33.3 Å². The predicted octanol–water partition coefficient (Wildman–Crippen LogP) is 19.3. The largest absolute Gasteiger partial charge is 0.461 e. The summed E-state index contributed by atoms with van der Waals surface area (Å²) in [5, 5.41) is 2.94. The van der Waals surface area contributed by atoms with Crippen LogP contribution in [0.15, 0.2) is 24.3 Å². The second-order valence-electron chi connectivity index (χ2n) is 23.1. The van der Waals surface area contributed by atoms with E-state index in [2.05, 4.69) is 69.1 Å². The summed E-state index contributed by atoms with van der Waals surface area (Å²) in [7, 11) is 0. The summed E-state index contributed by atoms with van der Waals surface area (Å²) in [5.74, 6) is -1.50. The molecule has 3 atom stereocenters. The van der Waals surface area contributed by atoms with E-state index in [4.69, 9.17) is 18.9 Å². The molecule has 0 saturated carbocycles. The topological polar surface area (TPSA) is 120 Å². The van der Waals surface area contributed by atoms with E-state index in [0.717, 1.165) is 135 Å². The third kappa shape index (κ3) is 43.6. The highest BCUT2D eigenvalue weighted by molar-refractivity contribution is 5.84. The third-order valence-corrected chi connectivity index (χ3v) is 15.7. The summed E-state index contributed by atoms with van der Waals surface area (Å²) >= 11 is 0. The van der Waals surface area contributed by atoms with Gasteiger partial charge in [0, 0.05) is 32.4 Å². The van der Waals surface area contributed by atoms with E-state index in [9.17, 15) is 14.4 Å². The van der Waals surface area contributed by atoms with E-state index in [0.29, 0.717) is 32.2 Å². The lowest BCUT2D eigenvalue weighted by Gasteiger charge is -2.33. The van der Waals surface area contributed by atoms with E-state index in [-0.39, 0.29) is 32.0 Å². The van der Waals surface area contributed by atoms with Gasteiger partial charge in [0.05, 0.1) is 0 Å². The third-order valence-electron chi connectivity index (χ3n) is 15.7. The second-order valence-corrected chi connectivity index (χ2v) is 23.1. The van der Waals surface area contributed by atoms with Crippen molar-refractivity contribution in [2.75, 3.05) is 32.8 Å². The maximum absolute atomic E-state index is 15.0. The summed E-state index contributed by atoms with van der Waals surface area (Å²) in [6, 6.07) is 0. The highest BCUT2D eigenvalue weighted by atomic mass is 16.6. The lowest BCUT2D eigenvalue weighted by Crippen LogP contribution is -2.50. The van der Waals surface area contributed by atoms with E-state index in [1.165, 1.54) is 135 Å². The van der Waals surface area contributed by atoms with Crippen LogP contribution < -0.4 is 5.32 Å². The molecule has 0 radical (unpaired) electrons. The first-order chi connectivity index (χ1) is 37.7. The number of hydrogen-bond acceptors (Lipinski definition) is 9. The fourth-order valence-corrected chi connectivity index (χ4v) is 10.6. The number of nitrogens with zero attached hydrogens (tertiary/aromatic N) is 1. The first-order valence-electron chi connectivity index (χ1n) is 33.3. The number of nitrogens with one attached hydrogen (secondary N) is 1. The van der Waals surface area contributed by atoms with Crippen LogP contribution >= 0.6 is 0 Å². The molecule has 0 aromatic carbocycles. The fraction of sp³-hybridized carbons (Fsp3) is 0.881. The van der Waals surface area contributed by atoms with Gasteiger partial charge in [0.15, 0.2) is 0 Å². The highest BCUT2D eigenvalue weighted by Crippen LogP contribution is 2.29. The summed E-state index contributed by atoms with van der Waals surface area (Å²) in [4.78, 5) is 58.4. The Labute approximate surface area is 475 Å². The minimum absolute atomic E-state index is 0.0168. The Balaban J connectivity index is 3.27. The molecule has 10 nitrogen and oxygen atoms in total. The molecule has 0 aromatic heterocycles. The van der Waals surface area contributed by atoms with Crippen LogP contribution in [0.25, 0.3) is 0 Å². The Morgan fingerprint density at radius 2 is 0.896 bits per heavy atom. The van der Waals surface area contributed by atoms with Crippen molar-refractivity contribution in [1.29, 1.82) is 0 Å². The molecule has 0 aromatic rings. The highest BCUT2D eigenvalue weighted by Gasteiger charge is 2.46. The zero-order valence-corrected chi connectivity index (χ0v) is 51.2. The Hall–Kier alpha value is -2.88. The van der Waals surface area contributed by atoms with Crippen LogP contribution in [0.4, 0.5) is 4.79 Å². The molecule has 1 amide bonds. The molecule has 77 heavy (non-hydrogen) atoms. The second kappa shape index (κ2) is 53.7. The molecule has 1 aliphatic heterocycles. The van der Waals surface area contributed by atoms with Gasteiger partial charge in [-0.05, 0) is 116 Å². The molecule has 0 aliphatic carbocycles. The molecule has 1 heterocycles. The smallest absolute Gasteiger partial charge is 0.407 e. The van der Waals surface area contributed by atoms with E-state index in [1.54, 1.807) is 0 Å². The zero-order chi connectivity index (χ0) is 56.0. The number of likely N-dealkylation sites (tertiary alicyclic amines) is 1. The molecule has 1 saturated heterocycles. The predicted molar refractivity (Wildman–Crippen MR) is 323 cm³/mol. The number of rotatable bonds is 56. The van der Waals surface area contributed by atoms with Crippen LogP contribution in [0.5, 0.6) is 0 Å². The number of amides is 1. The SMILES string of the molecule is CCCCC/C=C\C/C=C\CCCCCCCC(=O)OC(CCCCCCCCC)(COC(=O)CCC(CCCCCCCC)OC(=O)NCCN1CCCC1)C(=O)OC(CCCCCCCC)CCCCCCCCC. The Morgan fingerprint density at radius 1 is 0.468 bits per heavy atom. The number of allylic oxidation sites excluding steroid dienone is 4. The van der Waals surface area contributed by atoms with E-state index < -0.39 is 35.7 Å². The van der Waals surface area contributed by atoms with Gasteiger partial charge >= 0.3 is 24.0 Å². The lowest BCUT2D eigenvalue weighted by atomic mass is 9.95. The van der Waals surface area contributed by atoms with Gasteiger partial charge < -0.3 is 29.2 Å². The van der Waals surface area contributed by atoms with Crippen LogP contribution in [0.2, 0.25) is 0 Å². The number of carbonyl (C=O) groups is 4. The van der Waals surface area contributed by atoms with Gasteiger partial charge in [0.25, 0.3) is 0 Å². The molecule has 450 valence electrons. The van der Waals surface area contributed by atoms with Crippen molar-refractivity contribution in [2.24, 2.45) is 0 Å². The van der Waals surface area contributed by atoms with Gasteiger partial charge in [0.1, 0.15) is 18.8 Å². The van der Waals surface area contributed by atoms with Crippen molar-refractivity contribution >= 4 is 24.0 Å². The molecular formula is C67H124N2O8. The summed E-state index contributed by atoms with van der Waals surface area (Å²) in [6.07, 6.45) is 54.2. The molecule has 10 heteroatoms. The van der Waals surface area contributed by atoms with Crippen LogP contribution in [-0.4, -0.2) is 79.5 Å². The summed E-state index contributed by atoms with van der Waals surface area (Å²) in [5.41, 5.74) is -1.74. The quantitative estimate of drug-likeness (QED) is 0.0275. The van der Waals surface area contributed by atoms with Crippen molar-refractivity contribution in [3.63, 3.8) is 0 Å². The van der Waals surface area contributed by atoms with Gasteiger partial charge in [-0.1, -0.05) is 232 Å². The monoisotopic (exact) mass is 1080 g/mol. The molecule has 0 bridgehead atoms. The Bertz CT molecular complexity index is 1430. The first-order valence-corrected chi connectivity index (χ1v) is 33.3. The number of ether oxygens (including phenoxy) is 4. The van der Waals surface area contributed by atoms with Crippen molar-refractivity contribution < 1.29 is 38.1 Å². The number of carbonyl (C=O) groups excluding carboxylic acids is 4. The maximum Gasteiger partial charge on any atom is 0.407 e. The number of unbranched alkanes of at least 4 members (excludes halogenated alkanes) is 30. The van der Waals surface area contributed by atoms with E-state index >= 15 is 4.79 Å². The molecule has 1 rings (SSSR count). The van der Waals surface area contributed by atoms with Crippen LogP contribution in [0, 0.1) is 0 Å². The Kier molecular flexibility index (Phi) is 50.3. The van der Waals surface area contributed by atoms with Crippen molar-refractivity contribution in [3.8, 4) is 0 Å². The minimum atomic E-state index is -1.74. The van der Waals surface area contributed by atoms with Crippen molar-refractivity contribution in [1.82, 2.24) is 10.2 Å². The van der Waals surface area contributed by atoms with Crippen LogP contribution in [0.3, 0.4) is 0 Å². The Morgan fingerprint density at radius 3 is 1.42 bits per heavy atom. The van der Waals surface area contributed by atoms with Crippen molar-refractivity contribution in [2.45, 2.75) is 348 Å². The van der Waals surface area contributed by atoms with Gasteiger partial charge in [-0.15, -0.1) is 0 Å². The summed E-state index contributed by atoms with van der Waals surface area (Å²) < 4.78 is 25.1. The maximum atomic E-state index is 15.0. The standard InChI is InChI=1S/C67H124N2O8/c1-6-11-16-21-26-27-28-29-30-31-32-33-35-40-45-52-64(71)77-67(55-46-41-36-23-18-13-8-3,65(72)75-61(49-42-37-24-19-14-9-4)50-43-39-34-22-17-12-7-2)60-74-63(70)54-53-62(51-44-38-25-20-15-10-5)76-66(73)68-56-59-69-57-47-48-58-69/h26-27,29-30,61-62H,6-25,28,31-60H2,1-5H3,(H,68,73)/b27-26-,30-29-. The van der Waals surface area contributed by atoms with E-state index in [1.807, 2.05) is 0 Å². The minimum Gasteiger partial charge on any atom is -0.461 e. The zero-order valence-electron chi connectivity index (χ0n) is 51.2. The molecule has 0 spiro atoms. The normalized spacial score (nSPS) is 14.5.